The summed E-state index contributed by atoms with van der Waals surface area (Å²) in [7, 11) is -3.78. The van der Waals surface area contributed by atoms with Crippen molar-refractivity contribution in [3.8, 4) is 0 Å². The van der Waals surface area contributed by atoms with Crippen LogP contribution in [0, 0.1) is 0 Å². The van der Waals surface area contributed by atoms with E-state index >= 15 is 0 Å². The van der Waals surface area contributed by atoms with Crippen molar-refractivity contribution in [1.82, 2.24) is 0 Å². The molecule has 0 radical (unpaired) electrons. The quantitative estimate of drug-likeness (QED) is 0.656. The number of anilines is 1. The van der Waals surface area contributed by atoms with E-state index in [1.165, 1.54) is 6.08 Å². The molecule has 1 amide bonds. The SMILES string of the molecule is O=C(Nc1ccc(Cl)c(C(F)(F)F)c1)C(=O)C1C=CCS1(=O)=O. The van der Waals surface area contributed by atoms with Crippen LogP contribution in [0.15, 0.2) is 30.4 Å². The third-order valence-corrected chi connectivity index (χ3v) is 5.17. The average molecular weight is 368 g/mol. The van der Waals surface area contributed by atoms with E-state index in [4.69, 9.17) is 11.6 Å². The normalized spacial score (nSPS) is 19.6. The second-order valence-corrected chi connectivity index (χ2v) is 7.26. The van der Waals surface area contributed by atoms with Gasteiger partial charge in [-0.05, 0) is 18.2 Å². The number of Topliss-reactive ketones (excluding diaryl/α,β-unsaturated/α-hetero) is 1. The summed E-state index contributed by atoms with van der Waals surface area (Å²) < 4.78 is 61.3. The number of ketones is 1. The average Bonchev–Trinajstić information content (AvgIpc) is 2.78. The molecule has 1 unspecified atom stereocenters. The molecule has 0 spiro atoms. The van der Waals surface area contributed by atoms with Crippen molar-refractivity contribution in [1.29, 1.82) is 0 Å². The van der Waals surface area contributed by atoms with Gasteiger partial charge in [0.05, 0.1) is 16.3 Å². The van der Waals surface area contributed by atoms with E-state index in [2.05, 4.69) is 0 Å². The number of alkyl halides is 3. The van der Waals surface area contributed by atoms with Gasteiger partial charge in [-0.2, -0.15) is 13.2 Å². The Balaban J connectivity index is 2.21. The van der Waals surface area contributed by atoms with E-state index in [0.717, 1.165) is 18.2 Å². The number of benzene rings is 1. The summed E-state index contributed by atoms with van der Waals surface area (Å²) in [6.07, 6.45) is -2.44. The highest BCUT2D eigenvalue weighted by Crippen LogP contribution is 2.36. The Morgan fingerprint density at radius 2 is 1.91 bits per heavy atom. The smallest absolute Gasteiger partial charge is 0.319 e. The number of carbonyl (C=O) groups excluding carboxylic acids is 2. The summed E-state index contributed by atoms with van der Waals surface area (Å²) >= 11 is 5.43. The summed E-state index contributed by atoms with van der Waals surface area (Å²) in [5.41, 5.74) is -1.50. The lowest BCUT2D eigenvalue weighted by Gasteiger charge is -2.12. The highest BCUT2D eigenvalue weighted by atomic mass is 35.5. The predicted octanol–water partition coefficient (Wildman–Crippen LogP) is 2.22. The second-order valence-electron chi connectivity index (χ2n) is 4.69. The topological polar surface area (TPSA) is 80.3 Å². The standard InChI is InChI=1S/C13H9ClF3NO4S/c14-9-4-3-7(6-8(9)13(15,16)17)18-12(20)11(19)10-2-1-5-23(10,21)22/h1-4,6,10H,5H2,(H,18,20). The number of nitrogens with one attached hydrogen (secondary N) is 1. The minimum Gasteiger partial charge on any atom is -0.319 e. The molecule has 10 heteroatoms. The lowest BCUT2D eigenvalue weighted by atomic mass is 10.2. The van der Waals surface area contributed by atoms with E-state index in [0.29, 0.717) is 6.07 Å². The first-order valence-corrected chi connectivity index (χ1v) is 8.22. The number of hydrogen-bond acceptors (Lipinski definition) is 4. The van der Waals surface area contributed by atoms with Crippen LogP contribution in [0.3, 0.4) is 0 Å². The van der Waals surface area contributed by atoms with Crippen molar-refractivity contribution in [2.45, 2.75) is 11.4 Å². The maximum Gasteiger partial charge on any atom is 0.417 e. The predicted molar refractivity (Wildman–Crippen MR) is 76.8 cm³/mol. The molecular weight excluding hydrogens is 359 g/mol. The van der Waals surface area contributed by atoms with Crippen LogP contribution in [0.2, 0.25) is 5.02 Å². The van der Waals surface area contributed by atoms with Crippen molar-refractivity contribution < 1.29 is 31.2 Å². The fourth-order valence-electron chi connectivity index (χ4n) is 1.93. The molecule has 1 atom stereocenters. The molecule has 1 aromatic carbocycles. The molecule has 1 aliphatic heterocycles. The molecule has 124 valence electrons. The molecule has 0 saturated carbocycles. The molecule has 0 aromatic heterocycles. The molecular formula is C13H9ClF3NO4S. The first kappa shape index (κ1) is 17.5. The molecule has 1 aromatic rings. The van der Waals surface area contributed by atoms with Crippen LogP contribution in [0.1, 0.15) is 5.56 Å². The third kappa shape index (κ3) is 3.73. The molecule has 1 aliphatic rings. The van der Waals surface area contributed by atoms with Crippen LogP contribution in [0.25, 0.3) is 0 Å². The van der Waals surface area contributed by atoms with Gasteiger partial charge in [0.1, 0.15) is 5.25 Å². The minimum atomic E-state index is -4.74. The van der Waals surface area contributed by atoms with E-state index < -0.39 is 43.5 Å². The van der Waals surface area contributed by atoms with Crippen LogP contribution >= 0.6 is 11.6 Å². The summed E-state index contributed by atoms with van der Waals surface area (Å²) in [6, 6.07) is 2.55. The van der Waals surface area contributed by atoms with Gasteiger partial charge in [0, 0.05) is 5.69 Å². The number of sulfone groups is 1. The van der Waals surface area contributed by atoms with Crippen LogP contribution < -0.4 is 5.32 Å². The van der Waals surface area contributed by atoms with E-state index in [-0.39, 0.29) is 11.4 Å². The number of rotatable bonds is 3. The van der Waals surface area contributed by atoms with Gasteiger partial charge < -0.3 is 5.32 Å². The number of halogens is 4. The number of hydrogen-bond donors (Lipinski definition) is 1. The molecule has 5 nitrogen and oxygen atoms in total. The monoisotopic (exact) mass is 367 g/mol. The Bertz CT molecular complexity index is 802. The number of carbonyl (C=O) groups is 2. The van der Waals surface area contributed by atoms with Crippen LogP contribution in [-0.4, -0.2) is 31.1 Å². The number of amides is 1. The summed E-state index contributed by atoms with van der Waals surface area (Å²) in [5.74, 6) is -2.95. The summed E-state index contributed by atoms with van der Waals surface area (Å²) in [5, 5.41) is -0.230. The fraction of sp³-hybridized carbons (Fsp3) is 0.231. The summed E-state index contributed by atoms with van der Waals surface area (Å²) in [6.45, 7) is 0. The Labute approximate surface area is 134 Å². The van der Waals surface area contributed by atoms with Gasteiger partial charge in [0.25, 0.3) is 5.91 Å². The Hall–Kier alpha value is -1.87. The highest BCUT2D eigenvalue weighted by molar-refractivity contribution is 7.93. The zero-order valence-electron chi connectivity index (χ0n) is 11.2. The first-order chi connectivity index (χ1) is 10.5. The second kappa shape index (κ2) is 5.97. The molecule has 23 heavy (non-hydrogen) atoms. The van der Waals surface area contributed by atoms with Crippen molar-refractivity contribution in [2.75, 3.05) is 11.1 Å². The van der Waals surface area contributed by atoms with Gasteiger partial charge in [-0.1, -0.05) is 23.8 Å². The lowest BCUT2D eigenvalue weighted by Crippen LogP contribution is -2.36. The van der Waals surface area contributed by atoms with Crippen molar-refractivity contribution in [3.05, 3.63) is 40.9 Å². The molecule has 1 heterocycles. The van der Waals surface area contributed by atoms with Gasteiger partial charge in [-0.3, -0.25) is 9.59 Å². The van der Waals surface area contributed by atoms with Gasteiger partial charge in [0.15, 0.2) is 9.84 Å². The summed E-state index contributed by atoms with van der Waals surface area (Å²) in [4.78, 5) is 23.6. The molecule has 0 aliphatic carbocycles. The molecule has 0 bridgehead atoms. The molecule has 2 rings (SSSR count). The fourth-order valence-corrected chi connectivity index (χ4v) is 3.52. The van der Waals surface area contributed by atoms with Crippen LogP contribution in [0.4, 0.5) is 18.9 Å². The van der Waals surface area contributed by atoms with E-state index in [1.54, 1.807) is 0 Å². The minimum absolute atomic E-state index is 0.320. The van der Waals surface area contributed by atoms with Crippen molar-refractivity contribution >= 4 is 38.8 Å². The van der Waals surface area contributed by atoms with Gasteiger partial charge in [-0.25, -0.2) is 8.42 Å². The maximum atomic E-state index is 12.7. The van der Waals surface area contributed by atoms with Crippen molar-refractivity contribution in [3.63, 3.8) is 0 Å². The Kier molecular flexibility index (Phi) is 4.54. The molecule has 1 N–H and O–H groups in total. The van der Waals surface area contributed by atoms with E-state index in [1.807, 2.05) is 5.32 Å². The van der Waals surface area contributed by atoms with Gasteiger partial charge >= 0.3 is 6.18 Å². The van der Waals surface area contributed by atoms with Gasteiger partial charge in [0.2, 0.25) is 5.78 Å². The molecule has 0 fully saturated rings. The highest BCUT2D eigenvalue weighted by Gasteiger charge is 2.37. The largest absolute Gasteiger partial charge is 0.417 e. The lowest BCUT2D eigenvalue weighted by molar-refractivity contribution is -0.137. The zero-order chi connectivity index (χ0) is 17.4. The molecule has 0 saturated heterocycles. The van der Waals surface area contributed by atoms with Crippen molar-refractivity contribution in [2.24, 2.45) is 0 Å². The van der Waals surface area contributed by atoms with Gasteiger partial charge in [-0.15, -0.1) is 0 Å². The van der Waals surface area contributed by atoms with E-state index in [9.17, 15) is 31.2 Å². The zero-order valence-corrected chi connectivity index (χ0v) is 12.8. The Morgan fingerprint density at radius 1 is 1.26 bits per heavy atom. The maximum absolute atomic E-state index is 12.7. The Morgan fingerprint density at radius 3 is 2.43 bits per heavy atom. The first-order valence-electron chi connectivity index (χ1n) is 6.12. The van der Waals surface area contributed by atoms with Crippen LogP contribution in [-0.2, 0) is 25.6 Å². The van der Waals surface area contributed by atoms with Crippen LogP contribution in [0.5, 0.6) is 0 Å². The third-order valence-electron chi connectivity index (χ3n) is 3.04.